The first kappa shape index (κ1) is 15.9. The molecule has 24 heavy (non-hydrogen) atoms. The van der Waals surface area contributed by atoms with Gasteiger partial charge in [0.15, 0.2) is 0 Å². The zero-order valence-electron chi connectivity index (χ0n) is 13.3. The number of aryl methyl sites for hydroxylation is 1. The number of pyridine rings is 2. The van der Waals surface area contributed by atoms with E-state index in [0.29, 0.717) is 24.9 Å². The molecule has 0 fully saturated rings. The van der Waals surface area contributed by atoms with E-state index in [1.165, 1.54) is 0 Å². The van der Waals surface area contributed by atoms with Crippen LogP contribution in [0.5, 0.6) is 0 Å². The number of fused-ring (bicyclic) bond motifs is 1. The molecule has 2 N–H and O–H groups in total. The molecule has 0 bridgehead atoms. The maximum Gasteiger partial charge on any atom is 0.251 e. The smallest absolute Gasteiger partial charge is 0.251 e. The summed E-state index contributed by atoms with van der Waals surface area (Å²) in [6, 6.07) is 13.3. The quantitative estimate of drug-likeness (QED) is 0.731. The normalized spacial score (nSPS) is 10.7. The Morgan fingerprint density at radius 3 is 2.71 bits per heavy atom. The van der Waals surface area contributed by atoms with Gasteiger partial charge in [-0.05, 0) is 48.1 Å². The van der Waals surface area contributed by atoms with E-state index >= 15 is 0 Å². The van der Waals surface area contributed by atoms with Gasteiger partial charge in [0.05, 0.1) is 0 Å². The van der Waals surface area contributed by atoms with Crippen molar-refractivity contribution >= 4 is 16.8 Å². The number of nitrogens with one attached hydrogen (secondary N) is 2. The minimum Gasteiger partial charge on any atom is -0.356 e. The summed E-state index contributed by atoms with van der Waals surface area (Å²) in [7, 11) is 0. The van der Waals surface area contributed by atoms with Crippen LogP contribution in [0.4, 0.5) is 0 Å². The number of rotatable bonds is 6. The van der Waals surface area contributed by atoms with Gasteiger partial charge in [-0.3, -0.25) is 14.6 Å². The standard InChI is InChI=1S/C19H19N3O2/c23-18(21-12-9-14-7-10-20-11-8-14)6-5-16-13-15-3-1-2-4-17(15)22-19(16)24/h1-4,7-8,10-11,13H,5-6,9,12H2,(H,21,23)(H,22,24). The second kappa shape index (κ2) is 7.55. The average Bonchev–Trinajstić information content (AvgIpc) is 2.61. The number of benzene rings is 1. The molecule has 0 aliphatic carbocycles. The Labute approximate surface area is 139 Å². The highest BCUT2D eigenvalue weighted by Crippen LogP contribution is 2.11. The molecule has 2 heterocycles. The number of carbonyl (C=O) groups excluding carboxylic acids is 1. The molecule has 5 heteroatoms. The van der Waals surface area contributed by atoms with Crippen LogP contribution < -0.4 is 10.9 Å². The van der Waals surface area contributed by atoms with Crippen molar-refractivity contribution in [3.05, 3.63) is 76.3 Å². The van der Waals surface area contributed by atoms with Gasteiger partial charge in [0, 0.05) is 36.4 Å². The Hall–Kier alpha value is -2.95. The SMILES string of the molecule is O=C(CCc1cc2ccccc2[nH]c1=O)NCCc1ccncc1. The van der Waals surface area contributed by atoms with Gasteiger partial charge in [-0.15, -0.1) is 0 Å². The van der Waals surface area contributed by atoms with Gasteiger partial charge in [-0.2, -0.15) is 0 Å². The molecule has 0 aliphatic heterocycles. The number of para-hydroxylation sites is 1. The van der Waals surface area contributed by atoms with E-state index in [4.69, 9.17) is 0 Å². The van der Waals surface area contributed by atoms with Gasteiger partial charge < -0.3 is 10.3 Å². The van der Waals surface area contributed by atoms with E-state index in [2.05, 4.69) is 15.3 Å². The van der Waals surface area contributed by atoms with Gasteiger partial charge in [0.2, 0.25) is 5.91 Å². The zero-order valence-corrected chi connectivity index (χ0v) is 13.3. The fraction of sp³-hybridized carbons (Fsp3) is 0.211. The molecule has 0 radical (unpaired) electrons. The lowest BCUT2D eigenvalue weighted by Gasteiger charge is -2.06. The molecule has 0 unspecified atom stereocenters. The number of hydrogen-bond acceptors (Lipinski definition) is 3. The van der Waals surface area contributed by atoms with Crippen LogP contribution in [0.3, 0.4) is 0 Å². The summed E-state index contributed by atoms with van der Waals surface area (Å²) in [6.45, 7) is 0.580. The minimum atomic E-state index is -0.127. The van der Waals surface area contributed by atoms with Crippen molar-refractivity contribution in [1.82, 2.24) is 15.3 Å². The van der Waals surface area contributed by atoms with Crippen LogP contribution in [0, 0.1) is 0 Å². The summed E-state index contributed by atoms with van der Waals surface area (Å²) in [5, 5.41) is 3.86. The Bertz CT molecular complexity index is 888. The third-order valence-electron chi connectivity index (χ3n) is 3.94. The van der Waals surface area contributed by atoms with Crippen molar-refractivity contribution < 1.29 is 4.79 Å². The number of hydrogen-bond donors (Lipinski definition) is 2. The maximum absolute atomic E-state index is 12.1. The first-order valence-corrected chi connectivity index (χ1v) is 7.99. The summed E-state index contributed by atoms with van der Waals surface area (Å²) in [5.41, 5.74) is 2.46. The van der Waals surface area contributed by atoms with Crippen molar-refractivity contribution in [1.29, 1.82) is 0 Å². The largest absolute Gasteiger partial charge is 0.356 e. The highest BCUT2D eigenvalue weighted by molar-refractivity contribution is 5.79. The number of H-pyrrole nitrogens is 1. The Morgan fingerprint density at radius 2 is 1.88 bits per heavy atom. The van der Waals surface area contributed by atoms with E-state index in [1.54, 1.807) is 12.4 Å². The Kier molecular flexibility index (Phi) is 5.01. The van der Waals surface area contributed by atoms with Crippen LogP contribution in [0.25, 0.3) is 10.9 Å². The van der Waals surface area contributed by atoms with Crippen LogP contribution >= 0.6 is 0 Å². The van der Waals surface area contributed by atoms with Gasteiger partial charge in [0.1, 0.15) is 0 Å². The van der Waals surface area contributed by atoms with Gasteiger partial charge in [-0.1, -0.05) is 18.2 Å². The lowest BCUT2D eigenvalue weighted by molar-refractivity contribution is -0.121. The highest BCUT2D eigenvalue weighted by Gasteiger charge is 2.06. The first-order valence-electron chi connectivity index (χ1n) is 7.99. The second-order valence-electron chi connectivity index (χ2n) is 5.67. The lowest BCUT2D eigenvalue weighted by Crippen LogP contribution is -2.26. The fourth-order valence-corrected chi connectivity index (χ4v) is 2.61. The molecule has 5 nitrogen and oxygen atoms in total. The van der Waals surface area contributed by atoms with Crippen molar-refractivity contribution in [3.63, 3.8) is 0 Å². The molecule has 0 aliphatic rings. The first-order chi connectivity index (χ1) is 11.7. The molecule has 0 saturated heterocycles. The monoisotopic (exact) mass is 321 g/mol. The number of nitrogens with zero attached hydrogens (tertiary/aromatic N) is 1. The molecule has 1 amide bonds. The number of carbonyl (C=O) groups is 1. The lowest BCUT2D eigenvalue weighted by atomic mass is 10.1. The fourth-order valence-electron chi connectivity index (χ4n) is 2.61. The van der Waals surface area contributed by atoms with E-state index < -0.39 is 0 Å². The van der Waals surface area contributed by atoms with Crippen molar-refractivity contribution in [3.8, 4) is 0 Å². The topological polar surface area (TPSA) is 74.8 Å². The summed E-state index contributed by atoms with van der Waals surface area (Å²) < 4.78 is 0. The molecule has 1 aromatic carbocycles. The molecule has 0 spiro atoms. The van der Waals surface area contributed by atoms with Gasteiger partial charge in [0.25, 0.3) is 5.56 Å². The van der Waals surface area contributed by atoms with Gasteiger partial charge >= 0.3 is 0 Å². The van der Waals surface area contributed by atoms with Crippen LogP contribution in [0.1, 0.15) is 17.5 Å². The molecular weight excluding hydrogens is 302 g/mol. The minimum absolute atomic E-state index is 0.0448. The molecule has 122 valence electrons. The molecular formula is C19H19N3O2. The van der Waals surface area contributed by atoms with Crippen LogP contribution in [0.2, 0.25) is 0 Å². The summed E-state index contributed by atoms with van der Waals surface area (Å²) in [4.78, 5) is 30.8. The van der Waals surface area contributed by atoms with E-state index in [-0.39, 0.29) is 11.5 Å². The summed E-state index contributed by atoms with van der Waals surface area (Å²) in [5.74, 6) is -0.0448. The van der Waals surface area contributed by atoms with E-state index in [0.717, 1.165) is 22.9 Å². The van der Waals surface area contributed by atoms with Crippen LogP contribution in [-0.2, 0) is 17.6 Å². The summed E-state index contributed by atoms with van der Waals surface area (Å²) in [6.07, 6.45) is 4.98. The predicted molar refractivity (Wildman–Crippen MR) is 93.8 cm³/mol. The second-order valence-corrected chi connectivity index (χ2v) is 5.67. The van der Waals surface area contributed by atoms with Crippen molar-refractivity contribution in [2.75, 3.05) is 6.54 Å². The predicted octanol–water partition coefficient (Wildman–Crippen LogP) is 2.21. The third-order valence-corrected chi connectivity index (χ3v) is 3.94. The average molecular weight is 321 g/mol. The van der Waals surface area contributed by atoms with E-state index in [9.17, 15) is 9.59 Å². The molecule has 3 rings (SSSR count). The van der Waals surface area contributed by atoms with Crippen molar-refractivity contribution in [2.24, 2.45) is 0 Å². The molecule has 2 aromatic heterocycles. The van der Waals surface area contributed by atoms with Gasteiger partial charge in [-0.25, -0.2) is 0 Å². The molecule has 0 saturated carbocycles. The summed E-state index contributed by atoms with van der Waals surface area (Å²) >= 11 is 0. The maximum atomic E-state index is 12.1. The molecule has 3 aromatic rings. The number of aromatic amines is 1. The zero-order chi connectivity index (χ0) is 16.8. The Morgan fingerprint density at radius 1 is 1.08 bits per heavy atom. The van der Waals surface area contributed by atoms with Crippen molar-refractivity contribution in [2.45, 2.75) is 19.3 Å². The number of aromatic nitrogens is 2. The molecule has 0 atom stereocenters. The van der Waals surface area contributed by atoms with E-state index in [1.807, 2.05) is 42.5 Å². The third kappa shape index (κ3) is 4.07. The van der Waals surface area contributed by atoms with Crippen LogP contribution in [0.15, 0.2) is 59.7 Å². The van der Waals surface area contributed by atoms with Crippen LogP contribution in [-0.4, -0.2) is 22.4 Å². The highest BCUT2D eigenvalue weighted by atomic mass is 16.1. The Balaban J connectivity index is 1.52. The number of amides is 1.